The topological polar surface area (TPSA) is 44.9 Å². The number of benzene rings is 9. The number of pyridine rings is 1. The summed E-state index contributed by atoms with van der Waals surface area (Å²) >= 11 is 0. The van der Waals surface area contributed by atoms with Crippen LogP contribution in [0.4, 0.5) is 0 Å². The summed E-state index contributed by atoms with van der Waals surface area (Å²) in [4.78, 5) is 10.2. The first-order valence-electron chi connectivity index (χ1n) is 19.2. The Bertz CT molecular complexity index is 3560. The second-order valence-electron chi connectivity index (χ2n) is 14.6. The van der Waals surface area contributed by atoms with Gasteiger partial charge in [-0.1, -0.05) is 121 Å². The van der Waals surface area contributed by atoms with E-state index in [2.05, 4.69) is 173 Å². The molecule has 0 amide bonds. The number of ether oxygens (including phenoxy) is 1. The normalized spacial score (nSPS) is 11.9. The van der Waals surface area contributed by atoms with Crippen molar-refractivity contribution in [3.63, 3.8) is 0 Å². The Balaban J connectivity index is 1.09. The van der Waals surface area contributed by atoms with Gasteiger partial charge in [-0.15, -0.1) is 0 Å². The highest BCUT2D eigenvalue weighted by Gasteiger charge is 2.20. The van der Waals surface area contributed by atoms with Crippen molar-refractivity contribution >= 4 is 76.1 Å². The van der Waals surface area contributed by atoms with Gasteiger partial charge in [-0.3, -0.25) is 9.13 Å². The molecule has 5 heteroatoms. The van der Waals surface area contributed by atoms with Crippen LogP contribution < -0.4 is 4.74 Å². The van der Waals surface area contributed by atoms with Crippen LogP contribution in [0.15, 0.2) is 194 Å². The molecule has 0 atom stereocenters. The fraction of sp³-hybridized carbons (Fsp3) is 0. The van der Waals surface area contributed by atoms with Gasteiger partial charge in [0.05, 0.1) is 33.3 Å². The summed E-state index contributed by atoms with van der Waals surface area (Å²) in [5.41, 5.74) is 8.20. The zero-order chi connectivity index (χ0) is 37.5. The SMILES string of the molecule is c1ccc(-c2cc(Oc3ccc4c5ccccc5n(-c5nc6ccc7ccccc7c6c6c5ccc5ccccc56)c4c3)cc(-n3cnc4ccccc43)c2)cc1. The van der Waals surface area contributed by atoms with E-state index in [0.29, 0.717) is 0 Å². The average molecular weight is 729 g/mol. The number of hydrogen-bond acceptors (Lipinski definition) is 3. The summed E-state index contributed by atoms with van der Waals surface area (Å²) in [6, 6.07) is 66.2. The van der Waals surface area contributed by atoms with Crippen LogP contribution in [-0.2, 0) is 0 Å². The molecule has 12 aromatic rings. The van der Waals surface area contributed by atoms with Crippen molar-refractivity contribution in [1.29, 1.82) is 0 Å². The molecule has 3 heterocycles. The molecule has 0 saturated carbocycles. The maximum absolute atomic E-state index is 6.88. The molecule has 0 radical (unpaired) electrons. The summed E-state index contributed by atoms with van der Waals surface area (Å²) in [6.45, 7) is 0. The predicted octanol–water partition coefficient (Wildman–Crippen LogP) is 13.6. The molecule has 0 bridgehead atoms. The maximum Gasteiger partial charge on any atom is 0.146 e. The molecular formula is C52H32N4O. The quantitative estimate of drug-likeness (QED) is 0.166. The lowest BCUT2D eigenvalue weighted by Crippen LogP contribution is -2.01. The van der Waals surface area contributed by atoms with Gasteiger partial charge in [-0.25, -0.2) is 9.97 Å². The molecule has 0 aliphatic rings. The maximum atomic E-state index is 6.88. The van der Waals surface area contributed by atoms with Gasteiger partial charge in [0.15, 0.2) is 0 Å². The third-order valence-electron chi connectivity index (χ3n) is 11.4. The van der Waals surface area contributed by atoms with Gasteiger partial charge in [-0.05, 0) is 87.3 Å². The average Bonchev–Trinajstić information content (AvgIpc) is 3.85. The van der Waals surface area contributed by atoms with Crippen molar-refractivity contribution in [2.45, 2.75) is 0 Å². The highest BCUT2D eigenvalue weighted by Crippen LogP contribution is 2.42. The zero-order valence-corrected chi connectivity index (χ0v) is 30.7. The zero-order valence-electron chi connectivity index (χ0n) is 30.7. The minimum absolute atomic E-state index is 0.735. The van der Waals surface area contributed by atoms with E-state index in [1.807, 2.05) is 30.6 Å². The van der Waals surface area contributed by atoms with Crippen molar-refractivity contribution in [3.8, 4) is 34.1 Å². The first kappa shape index (κ1) is 31.6. The number of aromatic nitrogens is 4. The van der Waals surface area contributed by atoms with E-state index in [0.717, 1.165) is 77.9 Å². The largest absolute Gasteiger partial charge is 0.457 e. The van der Waals surface area contributed by atoms with E-state index in [-0.39, 0.29) is 0 Å². The molecule has 0 aliphatic heterocycles. The standard InChI is InChI=1S/C52H32N4O/c1-2-12-33(13-3-1)36-28-37(55-32-53-45-19-9-11-21-48(45)55)30-39(29-36)57-38-24-26-43-42-18-8-10-20-47(42)56(49(43)31-38)52-44-25-22-34-14-4-6-16-40(34)50(44)51-41-17-7-5-15-35(41)23-27-46(51)54-52/h1-32H. The molecule has 0 saturated heterocycles. The Labute approximate surface area is 327 Å². The number of hydrogen-bond donors (Lipinski definition) is 0. The van der Waals surface area contributed by atoms with Gasteiger partial charge in [-0.2, -0.15) is 0 Å². The van der Waals surface area contributed by atoms with E-state index in [4.69, 9.17) is 14.7 Å². The Morgan fingerprint density at radius 2 is 1.07 bits per heavy atom. The van der Waals surface area contributed by atoms with Gasteiger partial charge < -0.3 is 4.74 Å². The third kappa shape index (κ3) is 4.96. The van der Waals surface area contributed by atoms with Crippen LogP contribution in [0, 0.1) is 0 Å². The van der Waals surface area contributed by atoms with Crippen LogP contribution in [0.25, 0.3) is 98.7 Å². The van der Waals surface area contributed by atoms with E-state index < -0.39 is 0 Å². The lowest BCUT2D eigenvalue weighted by Gasteiger charge is -2.16. The van der Waals surface area contributed by atoms with Crippen molar-refractivity contribution in [2.75, 3.05) is 0 Å². The smallest absolute Gasteiger partial charge is 0.146 e. The molecule has 0 aliphatic carbocycles. The lowest BCUT2D eigenvalue weighted by atomic mass is 9.95. The van der Waals surface area contributed by atoms with Crippen LogP contribution in [0.2, 0.25) is 0 Å². The molecule has 0 fully saturated rings. The fourth-order valence-electron chi connectivity index (χ4n) is 8.81. The molecule has 9 aromatic carbocycles. The molecular weight excluding hydrogens is 697 g/mol. The number of nitrogens with zero attached hydrogens (tertiary/aromatic N) is 4. The van der Waals surface area contributed by atoms with Crippen molar-refractivity contribution in [1.82, 2.24) is 19.1 Å². The number of fused-ring (bicyclic) bond motifs is 11. The van der Waals surface area contributed by atoms with Crippen LogP contribution >= 0.6 is 0 Å². The summed E-state index contributed by atoms with van der Waals surface area (Å²) in [5, 5.41) is 10.6. The second kappa shape index (κ2) is 12.4. The second-order valence-corrected chi connectivity index (χ2v) is 14.6. The minimum Gasteiger partial charge on any atom is -0.457 e. The molecule has 0 spiro atoms. The van der Waals surface area contributed by atoms with E-state index in [1.54, 1.807) is 0 Å². The predicted molar refractivity (Wildman–Crippen MR) is 235 cm³/mol. The van der Waals surface area contributed by atoms with Gasteiger partial charge in [0.25, 0.3) is 0 Å². The Kier molecular flexibility index (Phi) is 6.86. The molecule has 3 aromatic heterocycles. The molecule has 266 valence electrons. The summed E-state index contributed by atoms with van der Waals surface area (Å²) in [7, 11) is 0. The van der Waals surface area contributed by atoms with Crippen LogP contribution in [0.3, 0.4) is 0 Å². The molecule has 57 heavy (non-hydrogen) atoms. The molecule has 5 nitrogen and oxygen atoms in total. The summed E-state index contributed by atoms with van der Waals surface area (Å²) in [6.07, 6.45) is 1.88. The van der Waals surface area contributed by atoms with Gasteiger partial charge in [0.1, 0.15) is 23.6 Å². The number of para-hydroxylation sites is 3. The van der Waals surface area contributed by atoms with Crippen molar-refractivity contribution in [3.05, 3.63) is 194 Å². The van der Waals surface area contributed by atoms with Gasteiger partial charge in [0, 0.05) is 39.1 Å². The number of imidazole rings is 1. The molecule has 0 unspecified atom stereocenters. The minimum atomic E-state index is 0.735. The summed E-state index contributed by atoms with van der Waals surface area (Å²) in [5.74, 6) is 2.36. The Morgan fingerprint density at radius 1 is 0.404 bits per heavy atom. The van der Waals surface area contributed by atoms with Gasteiger partial charge >= 0.3 is 0 Å². The third-order valence-corrected chi connectivity index (χ3v) is 11.4. The van der Waals surface area contributed by atoms with Crippen molar-refractivity contribution < 1.29 is 4.74 Å². The Morgan fingerprint density at radius 3 is 1.91 bits per heavy atom. The fourth-order valence-corrected chi connectivity index (χ4v) is 8.81. The first-order valence-corrected chi connectivity index (χ1v) is 19.2. The van der Waals surface area contributed by atoms with Crippen molar-refractivity contribution in [2.24, 2.45) is 0 Å². The van der Waals surface area contributed by atoms with Gasteiger partial charge in [0.2, 0.25) is 0 Å². The molecule has 0 N–H and O–H groups in total. The molecule has 12 rings (SSSR count). The van der Waals surface area contributed by atoms with E-state index in [1.165, 1.54) is 32.3 Å². The first-order chi connectivity index (χ1) is 28.2. The highest BCUT2D eigenvalue weighted by atomic mass is 16.5. The van der Waals surface area contributed by atoms with Crippen LogP contribution in [0.5, 0.6) is 11.5 Å². The Hall–Kier alpha value is -7.76. The van der Waals surface area contributed by atoms with Crippen LogP contribution in [0.1, 0.15) is 0 Å². The van der Waals surface area contributed by atoms with Crippen LogP contribution in [-0.4, -0.2) is 19.1 Å². The number of rotatable bonds is 5. The van der Waals surface area contributed by atoms with E-state index in [9.17, 15) is 0 Å². The van der Waals surface area contributed by atoms with E-state index >= 15 is 0 Å². The monoisotopic (exact) mass is 728 g/mol. The lowest BCUT2D eigenvalue weighted by molar-refractivity contribution is 0.483. The highest BCUT2D eigenvalue weighted by molar-refractivity contribution is 6.28. The summed E-state index contributed by atoms with van der Waals surface area (Å²) < 4.78 is 11.3.